The lowest BCUT2D eigenvalue weighted by atomic mass is 10.2. The molecule has 70 valence electrons. The van der Waals surface area contributed by atoms with Crippen LogP contribution in [0.5, 0.6) is 0 Å². The van der Waals surface area contributed by atoms with E-state index in [4.69, 9.17) is 17.3 Å². The first-order chi connectivity index (χ1) is 6.75. The average Bonchev–Trinajstić information content (AvgIpc) is 2.19. The Balaban J connectivity index is 2.44. The zero-order valence-corrected chi connectivity index (χ0v) is 7.94. The fraction of sp³-hybridized carbons (Fsp3) is 0. The molecule has 0 aliphatic heterocycles. The number of rotatable bonds is 1. The van der Waals surface area contributed by atoms with Crippen molar-refractivity contribution in [2.45, 2.75) is 0 Å². The van der Waals surface area contributed by atoms with Crippen LogP contribution in [0.2, 0.25) is 5.15 Å². The Labute approximate surface area is 85.8 Å². The Bertz CT molecular complexity index is 441. The van der Waals surface area contributed by atoms with Crippen molar-refractivity contribution in [3.05, 3.63) is 35.7 Å². The van der Waals surface area contributed by atoms with Gasteiger partial charge in [0.15, 0.2) is 0 Å². The molecule has 0 radical (unpaired) electrons. The van der Waals surface area contributed by atoms with Gasteiger partial charge in [-0.3, -0.25) is 0 Å². The number of nitrogen functional groups attached to an aromatic ring is 1. The third kappa shape index (κ3) is 1.80. The van der Waals surface area contributed by atoms with Gasteiger partial charge in [0.25, 0.3) is 0 Å². The van der Waals surface area contributed by atoms with Crippen molar-refractivity contribution in [3.63, 3.8) is 0 Å². The fourth-order valence-corrected chi connectivity index (χ4v) is 1.17. The summed E-state index contributed by atoms with van der Waals surface area (Å²) in [7, 11) is 0. The molecule has 2 rings (SSSR count). The van der Waals surface area contributed by atoms with E-state index in [2.05, 4.69) is 15.0 Å². The van der Waals surface area contributed by atoms with Crippen LogP contribution in [0.1, 0.15) is 0 Å². The van der Waals surface area contributed by atoms with Gasteiger partial charge in [0.2, 0.25) is 5.95 Å². The summed E-state index contributed by atoms with van der Waals surface area (Å²) in [6.45, 7) is 0. The van der Waals surface area contributed by atoms with Gasteiger partial charge in [-0.25, -0.2) is 15.0 Å². The van der Waals surface area contributed by atoms with Gasteiger partial charge in [0.05, 0.1) is 5.69 Å². The van der Waals surface area contributed by atoms with E-state index in [0.29, 0.717) is 5.15 Å². The van der Waals surface area contributed by atoms with E-state index >= 15 is 0 Å². The first kappa shape index (κ1) is 8.90. The molecule has 2 aromatic heterocycles. The van der Waals surface area contributed by atoms with Crippen molar-refractivity contribution < 1.29 is 0 Å². The Morgan fingerprint density at radius 1 is 1.14 bits per heavy atom. The van der Waals surface area contributed by atoms with Gasteiger partial charge < -0.3 is 5.73 Å². The molecule has 0 spiro atoms. The van der Waals surface area contributed by atoms with Crippen LogP contribution < -0.4 is 5.73 Å². The molecule has 5 heteroatoms. The average molecular weight is 207 g/mol. The van der Waals surface area contributed by atoms with E-state index < -0.39 is 0 Å². The van der Waals surface area contributed by atoms with Crippen molar-refractivity contribution in [2.24, 2.45) is 0 Å². The van der Waals surface area contributed by atoms with Crippen molar-refractivity contribution in [1.82, 2.24) is 15.0 Å². The first-order valence-corrected chi connectivity index (χ1v) is 4.34. The lowest BCUT2D eigenvalue weighted by Gasteiger charge is -1.99. The first-order valence-electron chi connectivity index (χ1n) is 3.96. The van der Waals surface area contributed by atoms with Crippen molar-refractivity contribution in [3.8, 4) is 11.3 Å². The molecule has 4 nitrogen and oxygen atoms in total. The second-order valence-electron chi connectivity index (χ2n) is 2.67. The molecule has 0 aliphatic rings. The largest absolute Gasteiger partial charge is 0.368 e. The third-order valence-corrected chi connectivity index (χ3v) is 1.92. The Morgan fingerprint density at radius 2 is 2.00 bits per heavy atom. The summed E-state index contributed by atoms with van der Waals surface area (Å²) in [5.74, 6) is 0.248. The maximum atomic E-state index is 5.66. The number of aromatic nitrogens is 3. The number of hydrogen-bond donors (Lipinski definition) is 1. The minimum absolute atomic E-state index is 0.248. The minimum Gasteiger partial charge on any atom is -0.368 e. The Kier molecular flexibility index (Phi) is 2.28. The number of pyridine rings is 1. The predicted molar refractivity (Wildman–Crippen MR) is 54.7 cm³/mol. The Hall–Kier alpha value is -1.68. The lowest BCUT2D eigenvalue weighted by Crippen LogP contribution is -1.95. The molecule has 0 aliphatic carbocycles. The second-order valence-corrected chi connectivity index (χ2v) is 3.06. The molecule has 0 unspecified atom stereocenters. The molecule has 0 saturated carbocycles. The van der Waals surface area contributed by atoms with Gasteiger partial charge in [0, 0.05) is 18.0 Å². The van der Waals surface area contributed by atoms with Crippen LogP contribution in [0.25, 0.3) is 11.3 Å². The number of halogens is 1. The molecular formula is C9H7ClN4. The van der Waals surface area contributed by atoms with E-state index in [1.54, 1.807) is 24.5 Å². The summed E-state index contributed by atoms with van der Waals surface area (Å²) in [6.07, 6.45) is 3.25. The topological polar surface area (TPSA) is 64.7 Å². The smallest absolute Gasteiger partial charge is 0.220 e. The van der Waals surface area contributed by atoms with Crippen molar-refractivity contribution >= 4 is 17.5 Å². The van der Waals surface area contributed by atoms with Crippen LogP contribution in [0.4, 0.5) is 5.95 Å². The monoisotopic (exact) mass is 206 g/mol. The van der Waals surface area contributed by atoms with Crippen LogP contribution in [0.3, 0.4) is 0 Å². The highest BCUT2D eigenvalue weighted by Crippen LogP contribution is 2.17. The van der Waals surface area contributed by atoms with E-state index in [1.807, 2.05) is 6.07 Å². The molecular weight excluding hydrogens is 200 g/mol. The highest BCUT2D eigenvalue weighted by atomic mass is 35.5. The molecule has 2 aromatic rings. The van der Waals surface area contributed by atoms with Crippen LogP contribution in [-0.4, -0.2) is 15.0 Å². The summed E-state index contributed by atoms with van der Waals surface area (Å²) in [5.41, 5.74) is 7.06. The predicted octanol–water partition coefficient (Wildman–Crippen LogP) is 1.77. The summed E-state index contributed by atoms with van der Waals surface area (Å²) in [5, 5.41) is 0.454. The van der Waals surface area contributed by atoms with Gasteiger partial charge in [-0.1, -0.05) is 11.6 Å². The third-order valence-electron chi connectivity index (χ3n) is 1.70. The summed E-state index contributed by atoms with van der Waals surface area (Å²) < 4.78 is 0. The zero-order chi connectivity index (χ0) is 9.97. The number of nitrogens with two attached hydrogens (primary N) is 1. The van der Waals surface area contributed by atoms with Crippen molar-refractivity contribution in [1.29, 1.82) is 0 Å². The van der Waals surface area contributed by atoms with E-state index in [1.165, 1.54) is 0 Å². The quantitative estimate of drug-likeness (QED) is 0.723. The number of anilines is 1. The van der Waals surface area contributed by atoms with Crippen LogP contribution >= 0.6 is 11.6 Å². The van der Waals surface area contributed by atoms with Gasteiger partial charge in [-0.2, -0.15) is 0 Å². The summed E-state index contributed by atoms with van der Waals surface area (Å²) in [6, 6.07) is 5.30. The van der Waals surface area contributed by atoms with Gasteiger partial charge >= 0.3 is 0 Å². The fourth-order valence-electron chi connectivity index (χ4n) is 1.06. The maximum absolute atomic E-state index is 5.66. The molecule has 0 fully saturated rings. The molecule has 2 N–H and O–H groups in total. The number of hydrogen-bond acceptors (Lipinski definition) is 4. The normalized spacial score (nSPS) is 10.1. The maximum Gasteiger partial charge on any atom is 0.220 e. The highest BCUT2D eigenvalue weighted by Gasteiger charge is 2.00. The number of nitrogens with zero attached hydrogens (tertiary/aromatic N) is 3. The zero-order valence-electron chi connectivity index (χ0n) is 7.18. The van der Waals surface area contributed by atoms with Crippen LogP contribution in [0, 0.1) is 0 Å². The van der Waals surface area contributed by atoms with Gasteiger partial charge in [-0.05, 0) is 18.2 Å². The molecule has 0 aromatic carbocycles. The summed E-state index contributed by atoms with van der Waals surface area (Å²) >= 11 is 5.66. The van der Waals surface area contributed by atoms with E-state index in [-0.39, 0.29) is 5.95 Å². The lowest BCUT2D eigenvalue weighted by molar-refractivity contribution is 1.18. The SMILES string of the molecule is Nc1nccc(-c2ccc(Cl)nc2)n1. The Morgan fingerprint density at radius 3 is 2.64 bits per heavy atom. The molecule has 2 heterocycles. The molecule has 0 amide bonds. The standard InChI is InChI=1S/C9H7ClN4/c10-8-2-1-6(5-13-8)7-3-4-12-9(11)14-7/h1-5H,(H2,11,12,14). The van der Waals surface area contributed by atoms with Gasteiger partial charge in [0.1, 0.15) is 5.15 Å². The van der Waals surface area contributed by atoms with Gasteiger partial charge in [-0.15, -0.1) is 0 Å². The van der Waals surface area contributed by atoms with Crippen LogP contribution in [0.15, 0.2) is 30.6 Å². The van der Waals surface area contributed by atoms with Crippen LogP contribution in [-0.2, 0) is 0 Å². The molecule has 0 atom stereocenters. The molecule has 0 saturated heterocycles. The van der Waals surface area contributed by atoms with Crippen molar-refractivity contribution in [2.75, 3.05) is 5.73 Å². The van der Waals surface area contributed by atoms with E-state index in [9.17, 15) is 0 Å². The highest BCUT2D eigenvalue weighted by molar-refractivity contribution is 6.29. The second kappa shape index (κ2) is 3.59. The van der Waals surface area contributed by atoms with E-state index in [0.717, 1.165) is 11.3 Å². The molecule has 0 bridgehead atoms. The molecule has 14 heavy (non-hydrogen) atoms. The minimum atomic E-state index is 0.248. The summed E-state index contributed by atoms with van der Waals surface area (Å²) in [4.78, 5) is 11.8.